The SMILES string of the molecule is CCCn1nc(C)c(O)c1C(C)C. The van der Waals surface area contributed by atoms with Gasteiger partial charge in [-0.15, -0.1) is 0 Å². The first kappa shape index (κ1) is 10.1. The minimum atomic E-state index is 0.327. The van der Waals surface area contributed by atoms with Crippen LogP contribution in [0.2, 0.25) is 0 Å². The summed E-state index contributed by atoms with van der Waals surface area (Å²) >= 11 is 0. The summed E-state index contributed by atoms with van der Waals surface area (Å²) < 4.78 is 1.91. The van der Waals surface area contributed by atoms with Crippen molar-refractivity contribution in [2.45, 2.75) is 46.6 Å². The molecule has 0 radical (unpaired) electrons. The molecule has 74 valence electrons. The molecule has 0 saturated heterocycles. The number of hydrogen-bond acceptors (Lipinski definition) is 2. The number of aromatic nitrogens is 2. The van der Waals surface area contributed by atoms with E-state index in [0.29, 0.717) is 11.7 Å². The van der Waals surface area contributed by atoms with E-state index in [0.717, 1.165) is 24.4 Å². The Morgan fingerprint density at radius 1 is 1.46 bits per heavy atom. The van der Waals surface area contributed by atoms with Gasteiger partial charge in [-0.1, -0.05) is 20.8 Å². The Kier molecular flexibility index (Phi) is 2.96. The summed E-state index contributed by atoms with van der Waals surface area (Å²) in [6, 6.07) is 0. The van der Waals surface area contributed by atoms with Crippen molar-refractivity contribution in [3.05, 3.63) is 11.4 Å². The molecule has 0 aliphatic rings. The van der Waals surface area contributed by atoms with Gasteiger partial charge in [0.2, 0.25) is 0 Å². The summed E-state index contributed by atoms with van der Waals surface area (Å²) in [5.41, 5.74) is 1.69. The van der Waals surface area contributed by atoms with E-state index in [-0.39, 0.29) is 0 Å². The fourth-order valence-electron chi connectivity index (χ4n) is 1.54. The van der Waals surface area contributed by atoms with Crippen LogP contribution in [0.1, 0.15) is 44.5 Å². The first-order valence-corrected chi connectivity index (χ1v) is 4.84. The number of nitrogens with zero attached hydrogens (tertiary/aromatic N) is 2. The summed E-state index contributed by atoms with van der Waals surface area (Å²) in [7, 11) is 0. The van der Waals surface area contributed by atoms with E-state index in [1.807, 2.05) is 11.6 Å². The molecule has 1 aromatic rings. The van der Waals surface area contributed by atoms with Crippen LogP contribution < -0.4 is 0 Å². The van der Waals surface area contributed by atoms with Crippen molar-refractivity contribution >= 4 is 0 Å². The maximum absolute atomic E-state index is 9.73. The normalized spacial score (nSPS) is 11.2. The van der Waals surface area contributed by atoms with E-state index in [2.05, 4.69) is 25.9 Å². The molecule has 13 heavy (non-hydrogen) atoms. The number of aromatic hydroxyl groups is 1. The van der Waals surface area contributed by atoms with Gasteiger partial charge in [-0.3, -0.25) is 4.68 Å². The van der Waals surface area contributed by atoms with Crippen LogP contribution in [0, 0.1) is 6.92 Å². The molecule has 0 atom stereocenters. The molecular formula is C10H18N2O. The van der Waals surface area contributed by atoms with Gasteiger partial charge in [0.05, 0.1) is 5.69 Å². The summed E-state index contributed by atoms with van der Waals surface area (Å²) in [5, 5.41) is 14.0. The summed E-state index contributed by atoms with van der Waals surface area (Å²) in [5.74, 6) is 0.691. The fraction of sp³-hybridized carbons (Fsp3) is 0.700. The molecule has 3 heteroatoms. The Labute approximate surface area is 79.4 Å². The van der Waals surface area contributed by atoms with Gasteiger partial charge in [-0.25, -0.2) is 0 Å². The molecule has 0 saturated carbocycles. The average molecular weight is 182 g/mol. The van der Waals surface area contributed by atoms with E-state index in [9.17, 15) is 5.11 Å². The van der Waals surface area contributed by atoms with Crippen LogP contribution in [-0.4, -0.2) is 14.9 Å². The van der Waals surface area contributed by atoms with Crippen LogP contribution >= 0.6 is 0 Å². The number of hydrogen-bond donors (Lipinski definition) is 1. The van der Waals surface area contributed by atoms with E-state index < -0.39 is 0 Å². The maximum atomic E-state index is 9.73. The molecule has 0 spiro atoms. The first-order chi connectivity index (χ1) is 6.07. The average Bonchev–Trinajstić information content (AvgIpc) is 2.28. The third kappa shape index (κ3) is 1.85. The molecule has 0 amide bonds. The lowest BCUT2D eigenvalue weighted by atomic mass is 10.1. The molecule has 1 N–H and O–H groups in total. The number of aryl methyl sites for hydroxylation is 2. The Bertz CT molecular complexity index is 289. The Morgan fingerprint density at radius 2 is 2.08 bits per heavy atom. The Balaban J connectivity index is 3.11. The monoisotopic (exact) mass is 182 g/mol. The van der Waals surface area contributed by atoms with E-state index in [1.165, 1.54) is 0 Å². The molecule has 1 aromatic heterocycles. The highest BCUT2D eigenvalue weighted by molar-refractivity contribution is 5.33. The van der Waals surface area contributed by atoms with Crippen molar-refractivity contribution in [3.8, 4) is 5.75 Å². The van der Waals surface area contributed by atoms with Crippen molar-refractivity contribution in [2.75, 3.05) is 0 Å². The second kappa shape index (κ2) is 3.81. The maximum Gasteiger partial charge on any atom is 0.160 e. The van der Waals surface area contributed by atoms with Gasteiger partial charge in [-0.05, 0) is 19.3 Å². The summed E-state index contributed by atoms with van der Waals surface area (Å²) in [6.45, 7) is 8.98. The van der Waals surface area contributed by atoms with Gasteiger partial charge in [-0.2, -0.15) is 5.10 Å². The largest absolute Gasteiger partial charge is 0.504 e. The molecular weight excluding hydrogens is 164 g/mol. The Hall–Kier alpha value is -0.990. The van der Waals surface area contributed by atoms with Crippen LogP contribution in [0.5, 0.6) is 5.75 Å². The molecule has 0 unspecified atom stereocenters. The van der Waals surface area contributed by atoms with Crippen LogP contribution in [-0.2, 0) is 6.54 Å². The zero-order valence-electron chi connectivity index (χ0n) is 8.83. The topological polar surface area (TPSA) is 38.0 Å². The zero-order chi connectivity index (χ0) is 10.0. The molecule has 0 aromatic carbocycles. The van der Waals surface area contributed by atoms with Crippen molar-refractivity contribution in [1.82, 2.24) is 9.78 Å². The van der Waals surface area contributed by atoms with E-state index in [4.69, 9.17) is 0 Å². The standard InChI is InChI=1S/C10H18N2O/c1-5-6-12-9(7(2)3)10(13)8(4)11-12/h7,13H,5-6H2,1-4H3. The van der Waals surface area contributed by atoms with Gasteiger partial charge >= 0.3 is 0 Å². The minimum Gasteiger partial charge on any atom is -0.504 e. The molecule has 1 heterocycles. The fourth-order valence-corrected chi connectivity index (χ4v) is 1.54. The first-order valence-electron chi connectivity index (χ1n) is 4.84. The molecule has 0 aliphatic carbocycles. The predicted molar refractivity (Wildman–Crippen MR) is 53.0 cm³/mol. The van der Waals surface area contributed by atoms with E-state index in [1.54, 1.807) is 0 Å². The van der Waals surface area contributed by atoms with Gasteiger partial charge in [0.1, 0.15) is 5.69 Å². The van der Waals surface area contributed by atoms with Gasteiger partial charge in [0.15, 0.2) is 5.75 Å². The molecule has 1 rings (SSSR count). The minimum absolute atomic E-state index is 0.327. The van der Waals surface area contributed by atoms with Crippen molar-refractivity contribution < 1.29 is 5.11 Å². The van der Waals surface area contributed by atoms with Crippen molar-refractivity contribution in [3.63, 3.8) is 0 Å². The second-order valence-electron chi connectivity index (χ2n) is 3.70. The van der Waals surface area contributed by atoms with Crippen LogP contribution in [0.4, 0.5) is 0 Å². The molecule has 0 aliphatic heterocycles. The highest BCUT2D eigenvalue weighted by Crippen LogP contribution is 2.28. The van der Waals surface area contributed by atoms with Crippen molar-refractivity contribution in [1.29, 1.82) is 0 Å². The summed E-state index contributed by atoms with van der Waals surface area (Å²) in [6.07, 6.45) is 1.04. The van der Waals surface area contributed by atoms with Crippen LogP contribution in [0.25, 0.3) is 0 Å². The lowest BCUT2D eigenvalue weighted by Crippen LogP contribution is -2.05. The van der Waals surface area contributed by atoms with Gasteiger partial charge in [0.25, 0.3) is 0 Å². The van der Waals surface area contributed by atoms with Crippen LogP contribution in [0.3, 0.4) is 0 Å². The molecule has 3 nitrogen and oxygen atoms in total. The summed E-state index contributed by atoms with van der Waals surface area (Å²) in [4.78, 5) is 0. The van der Waals surface area contributed by atoms with Gasteiger partial charge < -0.3 is 5.11 Å². The lowest BCUT2D eigenvalue weighted by Gasteiger charge is -2.08. The zero-order valence-corrected chi connectivity index (χ0v) is 8.83. The van der Waals surface area contributed by atoms with E-state index >= 15 is 0 Å². The molecule has 0 bridgehead atoms. The third-order valence-electron chi connectivity index (χ3n) is 2.12. The second-order valence-corrected chi connectivity index (χ2v) is 3.70. The van der Waals surface area contributed by atoms with Gasteiger partial charge in [0, 0.05) is 6.54 Å². The molecule has 0 fully saturated rings. The Morgan fingerprint density at radius 3 is 2.54 bits per heavy atom. The third-order valence-corrected chi connectivity index (χ3v) is 2.12. The predicted octanol–water partition coefficient (Wildman–Crippen LogP) is 2.43. The van der Waals surface area contributed by atoms with Crippen molar-refractivity contribution in [2.24, 2.45) is 0 Å². The number of rotatable bonds is 3. The lowest BCUT2D eigenvalue weighted by molar-refractivity contribution is 0.453. The smallest absolute Gasteiger partial charge is 0.160 e. The highest BCUT2D eigenvalue weighted by Gasteiger charge is 2.16. The van der Waals surface area contributed by atoms with Crippen LogP contribution in [0.15, 0.2) is 0 Å². The quantitative estimate of drug-likeness (QED) is 0.779. The highest BCUT2D eigenvalue weighted by atomic mass is 16.3.